The van der Waals surface area contributed by atoms with Crippen molar-refractivity contribution in [2.45, 2.75) is 59.9 Å². The fourth-order valence-electron chi connectivity index (χ4n) is 3.18. The van der Waals surface area contributed by atoms with Crippen LogP contribution in [0, 0.1) is 11.8 Å². The highest BCUT2D eigenvalue weighted by atomic mass is 15.3. The summed E-state index contributed by atoms with van der Waals surface area (Å²) in [5.74, 6) is 2.66. The molecule has 22 heavy (non-hydrogen) atoms. The van der Waals surface area contributed by atoms with Gasteiger partial charge < -0.3 is 15.1 Å². The van der Waals surface area contributed by atoms with E-state index in [-0.39, 0.29) is 0 Å². The number of guanidine groups is 1. The minimum Gasteiger partial charge on any atom is -0.357 e. The fourth-order valence-corrected chi connectivity index (χ4v) is 3.18. The minimum atomic E-state index is 0.636. The molecule has 1 N–H and O–H groups in total. The van der Waals surface area contributed by atoms with Gasteiger partial charge in [-0.15, -0.1) is 0 Å². The Labute approximate surface area is 138 Å². The van der Waals surface area contributed by atoms with E-state index in [2.05, 4.69) is 56.8 Å². The number of likely N-dealkylation sites (tertiary alicyclic amines) is 1. The van der Waals surface area contributed by atoms with Gasteiger partial charge in [-0.25, -0.2) is 0 Å². The molecule has 0 amide bonds. The summed E-state index contributed by atoms with van der Waals surface area (Å²) in [5, 5.41) is 3.48. The van der Waals surface area contributed by atoms with Crippen molar-refractivity contribution in [3.63, 3.8) is 0 Å². The predicted octanol–water partition coefficient (Wildman–Crippen LogP) is 3.05. The number of nitrogens with zero attached hydrogens (tertiary/aromatic N) is 3. The molecule has 0 aromatic rings. The highest BCUT2D eigenvalue weighted by Crippen LogP contribution is 2.20. The van der Waals surface area contributed by atoms with E-state index in [1.54, 1.807) is 0 Å². The molecule has 2 atom stereocenters. The Kier molecular flexibility index (Phi) is 8.84. The van der Waals surface area contributed by atoms with Crippen LogP contribution < -0.4 is 5.32 Å². The van der Waals surface area contributed by atoms with E-state index in [0.717, 1.165) is 44.0 Å². The SMILES string of the molecule is CCNC(=NCCCCN(C)C(C)C)N1CC(C)CC(C)C1. The normalized spacial score (nSPS) is 23.5. The number of piperidine rings is 1. The van der Waals surface area contributed by atoms with Crippen LogP contribution in [0.1, 0.15) is 53.9 Å². The van der Waals surface area contributed by atoms with Crippen molar-refractivity contribution in [3.8, 4) is 0 Å². The third-order valence-corrected chi connectivity index (χ3v) is 4.57. The monoisotopic (exact) mass is 310 g/mol. The van der Waals surface area contributed by atoms with Crippen molar-refractivity contribution in [1.29, 1.82) is 0 Å². The lowest BCUT2D eigenvalue weighted by molar-refractivity contribution is 0.208. The molecule has 0 aliphatic carbocycles. The molecule has 1 saturated heterocycles. The summed E-state index contributed by atoms with van der Waals surface area (Å²) in [5.41, 5.74) is 0. The first-order valence-electron chi connectivity index (χ1n) is 9.17. The number of hydrogen-bond acceptors (Lipinski definition) is 2. The standard InChI is InChI=1S/C18H38N4/c1-7-19-18(22-13-16(4)12-17(5)14-22)20-10-8-9-11-21(6)15(2)3/h15-17H,7-14H2,1-6H3,(H,19,20). The Morgan fingerprint density at radius 1 is 1.23 bits per heavy atom. The molecule has 130 valence electrons. The number of aliphatic imine (C=N–C) groups is 1. The number of hydrogen-bond donors (Lipinski definition) is 1. The van der Waals surface area contributed by atoms with Gasteiger partial charge in [-0.3, -0.25) is 4.99 Å². The van der Waals surface area contributed by atoms with Crippen LogP contribution in [0.25, 0.3) is 0 Å². The molecule has 1 heterocycles. The molecule has 1 fully saturated rings. The zero-order valence-electron chi connectivity index (χ0n) is 15.7. The van der Waals surface area contributed by atoms with Crippen LogP contribution in [0.4, 0.5) is 0 Å². The summed E-state index contributed by atoms with van der Waals surface area (Å²) in [7, 11) is 2.20. The van der Waals surface area contributed by atoms with Crippen molar-refractivity contribution in [2.24, 2.45) is 16.8 Å². The lowest BCUT2D eigenvalue weighted by Gasteiger charge is -2.37. The topological polar surface area (TPSA) is 30.9 Å². The molecule has 4 nitrogen and oxygen atoms in total. The summed E-state index contributed by atoms with van der Waals surface area (Å²) in [6.45, 7) is 16.7. The first-order chi connectivity index (χ1) is 10.4. The highest BCUT2D eigenvalue weighted by Gasteiger charge is 2.23. The van der Waals surface area contributed by atoms with Crippen molar-refractivity contribution in [2.75, 3.05) is 39.8 Å². The Morgan fingerprint density at radius 3 is 2.41 bits per heavy atom. The molecule has 0 saturated carbocycles. The van der Waals surface area contributed by atoms with Crippen LogP contribution in [0.2, 0.25) is 0 Å². The maximum absolute atomic E-state index is 4.86. The summed E-state index contributed by atoms with van der Waals surface area (Å²) in [4.78, 5) is 9.73. The van der Waals surface area contributed by atoms with Gasteiger partial charge in [0, 0.05) is 32.2 Å². The van der Waals surface area contributed by atoms with Crippen LogP contribution in [-0.2, 0) is 0 Å². The smallest absolute Gasteiger partial charge is 0.193 e. The lowest BCUT2D eigenvalue weighted by atomic mass is 9.92. The molecule has 0 bridgehead atoms. The van der Waals surface area contributed by atoms with Crippen LogP contribution in [-0.4, -0.2) is 61.6 Å². The average Bonchev–Trinajstić information content (AvgIpc) is 2.44. The van der Waals surface area contributed by atoms with Gasteiger partial charge in [-0.05, 0) is 65.5 Å². The maximum atomic E-state index is 4.86. The Hall–Kier alpha value is -0.770. The van der Waals surface area contributed by atoms with E-state index in [1.807, 2.05) is 0 Å². The van der Waals surface area contributed by atoms with Gasteiger partial charge in [-0.1, -0.05) is 13.8 Å². The van der Waals surface area contributed by atoms with Crippen LogP contribution >= 0.6 is 0 Å². The molecule has 1 rings (SSSR count). The second-order valence-corrected chi connectivity index (χ2v) is 7.37. The summed E-state index contributed by atoms with van der Waals surface area (Å²) in [6.07, 6.45) is 3.74. The van der Waals surface area contributed by atoms with Crippen LogP contribution in [0.15, 0.2) is 4.99 Å². The Balaban J connectivity index is 2.41. The van der Waals surface area contributed by atoms with Crippen LogP contribution in [0.5, 0.6) is 0 Å². The zero-order valence-corrected chi connectivity index (χ0v) is 15.7. The molecular weight excluding hydrogens is 272 g/mol. The second kappa shape index (κ2) is 10.1. The Bertz CT molecular complexity index is 317. The van der Waals surface area contributed by atoms with Gasteiger partial charge in [0.15, 0.2) is 5.96 Å². The molecule has 0 spiro atoms. The highest BCUT2D eigenvalue weighted by molar-refractivity contribution is 5.80. The number of nitrogens with one attached hydrogen (secondary N) is 1. The first-order valence-corrected chi connectivity index (χ1v) is 9.17. The van der Waals surface area contributed by atoms with Gasteiger partial charge in [0.25, 0.3) is 0 Å². The maximum Gasteiger partial charge on any atom is 0.193 e. The quantitative estimate of drug-likeness (QED) is 0.445. The fraction of sp³-hybridized carbons (Fsp3) is 0.944. The molecule has 2 unspecified atom stereocenters. The third kappa shape index (κ3) is 6.99. The zero-order chi connectivity index (χ0) is 16.5. The van der Waals surface area contributed by atoms with Crippen molar-refractivity contribution in [3.05, 3.63) is 0 Å². The molecular formula is C18H38N4. The van der Waals surface area contributed by atoms with E-state index in [4.69, 9.17) is 4.99 Å². The molecule has 0 aromatic carbocycles. The lowest BCUT2D eigenvalue weighted by Crippen LogP contribution is -2.48. The van der Waals surface area contributed by atoms with Gasteiger partial charge in [0.05, 0.1) is 0 Å². The van der Waals surface area contributed by atoms with Crippen molar-refractivity contribution < 1.29 is 0 Å². The largest absolute Gasteiger partial charge is 0.357 e. The van der Waals surface area contributed by atoms with Gasteiger partial charge in [-0.2, -0.15) is 0 Å². The van der Waals surface area contributed by atoms with Crippen molar-refractivity contribution >= 4 is 5.96 Å². The molecule has 0 radical (unpaired) electrons. The van der Waals surface area contributed by atoms with E-state index >= 15 is 0 Å². The summed E-state index contributed by atoms with van der Waals surface area (Å²) >= 11 is 0. The number of unbranched alkanes of at least 4 members (excludes halogenated alkanes) is 1. The predicted molar refractivity (Wildman–Crippen MR) is 97.5 cm³/mol. The van der Waals surface area contributed by atoms with Crippen LogP contribution in [0.3, 0.4) is 0 Å². The van der Waals surface area contributed by atoms with Gasteiger partial charge in [0.1, 0.15) is 0 Å². The van der Waals surface area contributed by atoms with E-state index < -0.39 is 0 Å². The van der Waals surface area contributed by atoms with Crippen molar-refractivity contribution in [1.82, 2.24) is 15.1 Å². The molecule has 1 aliphatic rings. The van der Waals surface area contributed by atoms with Gasteiger partial charge in [0.2, 0.25) is 0 Å². The first kappa shape index (κ1) is 19.3. The van der Waals surface area contributed by atoms with Gasteiger partial charge >= 0.3 is 0 Å². The molecule has 1 aliphatic heterocycles. The average molecular weight is 311 g/mol. The Morgan fingerprint density at radius 2 is 1.86 bits per heavy atom. The second-order valence-electron chi connectivity index (χ2n) is 7.37. The minimum absolute atomic E-state index is 0.636. The van der Waals surface area contributed by atoms with E-state index in [9.17, 15) is 0 Å². The van der Waals surface area contributed by atoms with E-state index in [1.165, 1.54) is 25.8 Å². The summed E-state index contributed by atoms with van der Waals surface area (Å²) < 4.78 is 0. The molecule has 0 aromatic heterocycles. The number of rotatable bonds is 7. The molecule has 4 heteroatoms. The van der Waals surface area contributed by atoms with E-state index in [0.29, 0.717) is 6.04 Å². The summed E-state index contributed by atoms with van der Waals surface area (Å²) in [6, 6.07) is 0.636. The third-order valence-electron chi connectivity index (χ3n) is 4.57.